The Morgan fingerprint density at radius 3 is 1.73 bits per heavy atom. The van der Waals surface area contributed by atoms with Gasteiger partial charge in [-0.1, -0.05) is 113 Å². The lowest BCUT2D eigenvalue weighted by Gasteiger charge is -2.19. The maximum absolute atomic E-state index is 12.5. The topological polar surface area (TPSA) is 134 Å². The second-order valence-corrected chi connectivity index (χ2v) is 13.5. The van der Waals surface area contributed by atoms with Crippen LogP contribution in [-0.2, 0) is 32.7 Å². The summed E-state index contributed by atoms with van der Waals surface area (Å²) in [5.74, 6) is -0.895. The number of nitrogens with two attached hydrogens (primary N) is 1. The van der Waals surface area contributed by atoms with Crippen LogP contribution >= 0.6 is 7.82 Å². The minimum atomic E-state index is -4.38. The van der Waals surface area contributed by atoms with Gasteiger partial charge in [0.05, 0.1) is 13.2 Å². The van der Waals surface area contributed by atoms with Crippen LogP contribution in [0.4, 0.5) is 0 Å². The van der Waals surface area contributed by atoms with Crippen LogP contribution in [0.25, 0.3) is 0 Å². The molecule has 1 unspecified atom stereocenters. The van der Waals surface area contributed by atoms with Gasteiger partial charge in [-0.3, -0.25) is 18.6 Å². The van der Waals surface area contributed by atoms with E-state index in [2.05, 4.69) is 74.6 Å². The number of hydrogen-bond donors (Lipinski definition) is 2. The van der Waals surface area contributed by atoms with E-state index < -0.39 is 32.5 Å². The number of esters is 2. The van der Waals surface area contributed by atoms with Crippen LogP contribution in [0, 0.1) is 0 Å². The molecule has 10 heteroatoms. The fourth-order valence-electron chi connectivity index (χ4n) is 4.62. The summed E-state index contributed by atoms with van der Waals surface area (Å²) in [6.45, 7) is 3.51. The Labute approximate surface area is 298 Å². The van der Waals surface area contributed by atoms with E-state index >= 15 is 0 Å². The summed E-state index contributed by atoms with van der Waals surface area (Å²) in [4.78, 5) is 34.7. The van der Waals surface area contributed by atoms with Gasteiger partial charge in [-0.2, -0.15) is 0 Å². The van der Waals surface area contributed by atoms with Crippen LogP contribution in [0.1, 0.15) is 142 Å². The molecular formula is C39H68NO8P. The second kappa shape index (κ2) is 35.5. The zero-order valence-electron chi connectivity index (χ0n) is 30.7. The summed E-state index contributed by atoms with van der Waals surface area (Å²) in [6, 6.07) is 0. The van der Waals surface area contributed by atoms with Gasteiger partial charge in [0.15, 0.2) is 6.10 Å². The largest absolute Gasteiger partial charge is 0.472 e. The van der Waals surface area contributed by atoms with Crippen molar-refractivity contribution in [2.45, 2.75) is 148 Å². The number of ether oxygens (including phenoxy) is 2. The molecule has 0 amide bonds. The van der Waals surface area contributed by atoms with Crippen LogP contribution in [0.5, 0.6) is 0 Å². The third kappa shape index (κ3) is 35.3. The van der Waals surface area contributed by atoms with Crippen LogP contribution in [-0.4, -0.2) is 49.3 Å². The molecule has 0 bridgehead atoms. The molecule has 0 spiro atoms. The van der Waals surface area contributed by atoms with E-state index in [9.17, 15) is 19.0 Å². The van der Waals surface area contributed by atoms with Gasteiger partial charge >= 0.3 is 19.8 Å². The predicted molar refractivity (Wildman–Crippen MR) is 201 cm³/mol. The predicted octanol–water partition coefficient (Wildman–Crippen LogP) is 10.2. The molecule has 0 fully saturated rings. The van der Waals surface area contributed by atoms with Gasteiger partial charge in [-0.05, 0) is 77.0 Å². The molecule has 49 heavy (non-hydrogen) atoms. The Bertz CT molecular complexity index is 992. The van der Waals surface area contributed by atoms with Crippen molar-refractivity contribution in [2.24, 2.45) is 5.73 Å². The van der Waals surface area contributed by atoms with E-state index in [0.717, 1.165) is 77.0 Å². The lowest BCUT2D eigenvalue weighted by molar-refractivity contribution is -0.161. The van der Waals surface area contributed by atoms with Crippen molar-refractivity contribution in [1.29, 1.82) is 0 Å². The summed E-state index contributed by atoms with van der Waals surface area (Å²) in [7, 11) is -4.38. The molecule has 2 atom stereocenters. The standard InChI is InChI=1S/C39H68NO8P/c1-3-5-7-9-11-13-15-17-18-20-21-23-25-27-29-31-38(41)45-35-37(36-47-49(43,44)46-34-33-40)48-39(42)32-30-28-26-24-22-19-16-14-12-10-8-6-4-2/h5,7,11,13-14,16-18,21,23,37H,3-4,6,8-10,12,15,19-20,22,24-36,40H2,1-2H3,(H,43,44)/b7-5-,13-11-,16-14-,18-17-,23-21-/t37-/m1/s1. The number of carbonyl (C=O) groups excluding carboxylic acids is 2. The maximum atomic E-state index is 12.5. The molecule has 282 valence electrons. The van der Waals surface area contributed by atoms with Crippen molar-refractivity contribution in [3.63, 3.8) is 0 Å². The fourth-order valence-corrected chi connectivity index (χ4v) is 5.38. The Morgan fingerprint density at radius 1 is 0.633 bits per heavy atom. The molecule has 0 saturated heterocycles. The smallest absolute Gasteiger partial charge is 0.462 e. The molecule has 0 aliphatic rings. The van der Waals surface area contributed by atoms with Gasteiger partial charge in [0.1, 0.15) is 6.61 Å². The molecule has 0 aliphatic heterocycles. The van der Waals surface area contributed by atoms with Crippen molar-refractivity contribution < 1.29 is 37.6 Å². The highest BCUT2D eigenvalue weighted by Crippen LogP contribution is 2.43. The Morgan fingerprint density at radius 2 is 1.12 bits per heavy atom. The van der Waals surface area contributed by atoms with Crippen molar-refractivity contribution in [3.05, 3.63) is 60.8 Å². The van der Waals surface area contributed by atoms with Gasteiger partial charge in [0.2, 0.25) is 0 Å². The van der Waals surface area contributed by atoms with Gasteiger partial charge in [-0.25, -0.2) is 4.57 Å². The molecular weight excluding hydrogens is 641 g/mol. The van der Waals surface area contributed by atoms with E-state index in [0.29, 0.717) is 12.8 Å². The highest BCUT2D eigenvalue weighted by molar-refractivity contribution is 7.47. The quantitative estimate of drug-likeness (QED) is 0.0290. The molecule has 0 aromatic carbocycles. The van der Waals surface area contributed by atoms with Gasteiger partial charge < -0.3 is 20.1 Å². The number of carbonyl (C=O) groups is 2. The van der Waals surface area contributed by atoms with E-state index in [1.807, 2.05) is 0 Å². The van der Waals surface area contributed by atoms with Gasteiger partial charge in [-0.15, -0.1) is 0 Å². The average molecular weight is 710 g/mol. The first-order valence-electron chi connectivity index (χ1n) is 18.8. The van der Waals surface area contributed by atoms with Crippen molar-refractivity contribution >= 4 is 19.8 Å². The monoisotopic (exact) mass is 709 g/mol. The molecule has 3 N–H and O–H groups in total. The Kier molecular flexibility index (Phi) is 33.9. The zero-order valence-corrected chi connectivity index (χ0v) is 31.5. The zero-order chi connectivity index (χ0) is 36.1. The van der Waals surface area contributed by atoms with E-state index in [-0.39, 0.29) is 32.6 Å². The summed E-state index contributed by atoms with van der Waals surface area (Å²) < 4.78 is 32.6. The lowest BCUT2D eigenvalue weighted by atomic mass is 10.1. The normalized spacial score (nSPS) is 14.1. The van der Waals surface area contributed by atoms with Crippen molar-refractivity contribution in [2.75, 3.05) is 26.4 Å². The molecule has 0 aromatic rings. The first-order chi connectivity index (χ1) is 23.8. The molecule has 0 rings (SSSR count). The third-order valence-electron chi connectivity index (χ3n) is 7.39. The van der Waals surface area contributed by atoms with Crippen LogP contribution < -0.4 is 5.73 Å². The van der Waals surface area contributed by atoms with E-state index in [4.69, 9.17) is 24.3 Å². The van der Waals surface area contributed by atoms with Crippen LogP contribution in [0.3, 0.4) is 0 Å². The van der Waals surface area contributed by atoms with Gasteiger partial charge in [0.25, 0.3) is 0 Å². The minimum Gasteiger partial charge on any atom is -0.462 e. The van der Waals surface area contributed by atoms with Gasteiger partial charge in [0, 0.05) is 19.4 Å². The fraction of sp³-hybridized carbons (Fsp3) is 0.692. The number of hydrogen-bond acceptors (Lipinski definition) is 8. The van der Waals surface area contributed by atoms with E-state index in [1.165, 1.54) is 25.7 Å². The molecule has 9 nitrogen and oxygen atoms in total. The summed E-state index contributed by atoms with van der Waals surface area (Å²) >= 11 is 0. The lowest BCUT2D eigenvalue weighted by Crippen LogP contribution is -2.29. The molecule has 0 saturated carbocycles. The number of unbranched alkanes of at least 4 members (excludes halogenated alkanes) is 11. The summed E-state index contributed by atoms with van der Waals surface area (Å²) in [5, 5.41) is 0. The molecule has 0 radical (unpaired) electrons. The SMILES string of the molecule is CC/C=C\C/C=C\C/C=C\C/C=C\CCCCC(=O)OC[C@H](COP(=O)(O)OCCN)OC(=O)CCCCCCC/C=C\CCCCCC. The summed E-state index contributed by atoms with van der Waals surface area (Å²) in [5.41, 5.74) is 5.32. The molecule has 0 aliphatic carbocycles. The number of phosphoric ester groups is 1. The summed E-state index contributed by atoms with van der Waals surface area (Å²) in [6.07, 6.45) is 39.7. The number of phosphoric acid groups is 1. The van der Waals surface area contributed by atoms with Crippen LogP contribution in [0.2, 0.25) is 0 Å². The van der Waals surface area contributed by atoms with Crippen molar-refractivity contribution in [3.8, 4) is 0 Å². The third-order valence-corrected chi connectivity index (χ3v) is 8.37. The molecule has 0 aromatic heterocycles. The number of allylic oxidation sites excluding steroid dienone is 10. The molecule has 0 heterocycles. The maximum Gasteiger partial charge on any atom is 0.472 e. The minimum absolute atomic E-state index is 0.0437. The first-order valence-corrected chi connectivity index (χ1v) is 20.3. The Balaban J connectivity index is 4.33. The highest BCUT2D eigenvalue weighted by atomic mass is 31.2. The number of rotatable bonds is 34. The Hall–Kier alpha value is -2.29. The van der Waals surface area contributed by atoms with Crippen LogP contribution in [0.15, 0.2) is 60.8 Å². The average Bonchev–Trinajstić information content (AvgIpc) is 3.08. The second-order valence-electron chi connectivity index (χ2n) is 12.1. The van der Waals surface area contributed by atoms with E-state index in [1.54, 1.807) is 0 Å². The first kappa shape index (κ1) is 46.7. The highest BCUT2D eigenvalue weighted by Gasteiger charge is 2.25. The van der Waals surface area contributed by atoms with Crippen molar-refractivity contribution in [1.82, 2.24) is 0 Å².